The lowest BCUT2D eigenvalue weighted by Crippen LogP contribution is -2.62. The summed E-state index contributed by atoms with van der Waals surface area (Å²) in [6, 6.07) is 0. The van der Waals surface area contributed by atoms with Gasteiger partial charge in [0, 0.05) is 57.9 Å². The molecule has 2 aliphatic rings. The van der Waals surface area contributed by atoms with E-state index in [2.05, 4.69) is 10.00 Å². The highest BCUT2D eigenvalue weighted by Gasteiger charge is 2.45. The number of nitrogens with zero attached hydrogens (tertiary/aromatic N) is 5. The number of likely N-dealkylation sites (tertiary alicyclic amines) is 1. The monoisotopic (exact) mass is 369 g/mol. The predicted octanol–water partition coefficient (Wildman–Crippen LogP) is 0.220. The van der Waals surface area contributed by atoms with Gasteiger partial charge in [0.25, 0.3) is 0 Å². The summed E-state index contributed by atoms with van der Waals surface area (Å²) >= 11 is 0. The molecule has 9 heteroatoms. The van der Waals surface area contributed by atoms with Crippen molar-refractivity contribution in [2.75, 3.05) is 40.3 Å². The predicted molar refractivity (Wildman–Crippen MR) is 93.5 cm³/mol. The standard InChI is InChI=1S/C16H27N5O3S/c1-4-20-12-14(11-17-20)25(23,24)21-10-9-19(3)16(13-21)6-5-15(22)18(2)8-7-16/h11-12H,4-10,13H2,1-3H3. The van der Waals surface area contributed by atoms with E-state index in [1.165, 1.54) is 6.20 Å². The van der Waals surface area contributed by atoms with E-state index in [1.807, 2.05) is 21.0 Å². The summed E-state index contributed by atoms with van der Waals surface area (Å²) in [7, 11) is 0.290. The van der Waals surface area contributed by atoms with Gasteiger partial charge < -0.3 is 4.90 Å². The SMILES string of the molecule is CCn1cc(S(=O)(=O)N2CCN(C)C3(CCC(=O)N(C)CC3)C2)cn1. The number of piperazine rings is 1. The summed E-state index contributed by atoms with van der Waals surface area (Å²) in [5.74, 6) is 0.134. The molecule has 2 aliphatic heterocycles. The largest absolute Gasteiger partial charge is 0.346 e. The van der Waals surface area contributed by atoms with Gasteiger partial charge in [0.2, 0.25) is 15.9 Å². The number of sulfonamides is 1. The first-order valence-corrected chi connectivity index (χ1v) is 10.2. The Kier molecular flexibility index (Phi) is 4.91. The van der Waals surface area contributed by atoms with Gasteiger partial charge in [-0.25, -0.2) is 8.42 Å². The third-order valence-corrected chi connectivity index (χ3v) is 7.48. The minimum Gasteiger partial charge on any atom is -0.346 e. The van der Waals surface area contributed by atoms with Gasteiger partial charge in [-0.1, -0.05) is 0 Å². The van der Waals surface area contributed by atoms with Crippen LogP contribution in [0.25, 0.3) is 0 Å². The highest BCUT2D eigenvalue weighted by molar-refractivity contribution is 7.89. The average molecular weight is 369 g/mol. The van der Waals surface area contributed by atoms with Crippen molar-refractivity contribution in [3.05, 3.63) is 12.4 Å². The Morgan fingerprint density at radius 2 is 1.96 bits per heavy atom. The number of aromatic nitrogens is 2. The molecule has 2 fully saturated rings. The first-order chi connectivity index (χ1) is 11.8. The van der Waals surface area contributed by atoms with Crippen LogP contribution in [0.2, 0.25) is 0 Å². The van der Waals surface area contributed by atoms with Gasteiger partial charge in [-0.15, -0.1) is 0 Å². The molecule has 1 aromatic rings. The van der Waals surface area contributed by atoms with E-state index < -0.39 is 10.0 Å². The van der Waals surface area contributed by atoms with Crippen molar-refractivity contribution in [3.63, 3.8) is 0 Å². The van der Waals surface area contributed by atoms with Crippen molar-refractivity contribution >= 4 is 15.9 Å². The molecule has 140 valence electrons. The van der Waals surface area contributed by atoms with Gasteiger partial charge in [-0.05, 0) is 26.8 Å². The molecule has 1 spiro atoms. The number of likely N-dealkylation sites (N-methyl/N-ethyl adjacent to an activating group) is 1. The highest BCUT2D eigenvalue weighted by atomic mass is 32.2. The lowest BCUT2D eigenvalue weighted by Gasteiger charge is -2.48. The average Bonchev–Trinajstić information content (AvgIpc) is 3.04. The van der Waals surface area contributed by atoms with E-state index in [0.29, 0.717) is 45.6 Å². The van der Waals surface area contributed by atoms with E-state index in [9.17, 15) is 13.2 Å². The highest BCUT2D eigenvalue weighted by Crippen LogP contribution is 2.33. The summed E-state index contributed by atoms with van der Waals surface area (Å²) in [4.78, 5) is 16.3. The van der Waals surface area contributed by atoms with Crippen molar-refractivity contribution in [3.8, 4) is 0 Å². The van der Waals surface area contributed by atoms with Crippen molar-refractivity contribution in [2.45, 2.75) is 43.2 Å². The quantitative estimate of drug-likeness (QED) is 0.762. The smallest absolute Gasteiger partial charge is 0.246 e. The fourth-order valence-electron chi connectivity index (χ4n) is 3.73. The zero-order chi connectivity index (χ0) is 18.2. The molecule has 8 nitrogen and oxygen atoms in total. The van der Waals surface area contributed by atoms with Crippen molar-refractivity contribution in [1.82, 2.24) is 23.9 Å². The zero-order valence-electron chi connectivity index (χ0n) is 15.2. The minimum absolute atomic E-state index is 0.134. The van der Waals surface area contributed by atoms with E-state index in [1.54, 1.807) is 20.1 Å². The fraction of sp³-hybridized carbons (Fsp3) is 0.750. The molecule has 2 saturated heterocycles. The van der Waals surface area contributed by atoms with Crippen LogP contribution in [0.1, 0.15) is 26.2 Å². The van der Waals surface area contributed by atoms with Crippen LogP contribution in [0.4, 0.5) is 0 Å². The number of hydrogen-bond donors (Lipinski definition) is 0. The van der Waals surface area contributed by atoms with Crippen LogP contribution in [0.15, 0.2) is 17.3 Å². The number of hydrogen-bond acceptors (Lipinski definition) is 5. The summed E-state index contributed by atoms with van der Waals surface area (Å²) in [6.45, 7) is 4.76. The third-order valence-electron chi connectivity index (χ3n) is 5.68. The molecule has 1 amide bonds. The van der Waals surface area contributed by atoms with Crippen LogP contribution in [0.3, 0.4) is 0 Å². The molecule has 25 heavy (non-hydrogen) atoms. The van der Waals surface area contributed by atoms with Gasteiger partial charge in [0.05, 0.1) is 6.20 Å². The fourth-order valence-corrected chi connectivity index (χ4v) is 5.19. The molecule has 1 atom stereocenters. The van der Waals surface area contributed by atoms with Gasteiger partial charge in [0.15, 0.2) is 0 Å². The van der Waals surface area contributed by atoms with Crippen molar-refractivity contribution in [1.29, 1.82) is 0 Å². The Hall–Kier alpha value is -1.45. The molecule has 0 N–H and O–H groups in total. The number of aryl methyl sites for hydroxylation is 1. The first kappa shape index (κ1) is 18.3. The maximum absolute atomic E-state index is 13.0. The molecule has 3 heterocycles. The topological polar surface area (TPSA) is 78.8 Å². The van der Waals surface area contributed by atoms with Crippen LogP contribution >= 0.6 is 0 Å². The van der Waals surface area contributed by atoms with Crippen molar-refractivity contribution < 1.29 is 13.2 Å². The maximum Gasteiger partial charge on any atom is 0.246 e. The summed E-state index contributed by atoms with van der Waals surface area (Å²) in [6.07, 6.45) is 4.94. The van der Waals surface area contributed by atoms with E-state index in [0.717, 1.165) is 6.42 Å². The van der Waals surface area contributed by atoms with Gasteiger partial charge >= 0.3 is 0 Å². The molecule has 1 unspecified atom stereocenters. The van der Waals surface area contributed by atoms with E-state index >= 15 is 0 Å². The molecule has 3 rings (SSSR count). The molecule has 0 radical (unpaired) electrons. The second kappa shape index (κ2) is 6.69. The third kappa shape index (κ3) is 3.32. The van der Waals surface area contributed by atoms with Crippen LogP contribution in [-0.2, 0) is 21.4 Å². The van der Waals surface area contributed by atoms with Crippen LogP contribution in [-0.4, -0.2) is 84.0 Å². The summed E-state index contributed by atoms with van der Waals surface area (Å²) in [5, 5.41) is 4.10. The minimum atomic E-state index is -3.56. The molecule has 1 aromatic heterocycles. The number of rotatable bonds is 3. The Labute approximate surface area is 149 Å². The van der Waals surface area contributed by atoms with Gasteiger partial charge in [-0.2, -0.15) is 9.40 Å². The summed E-state index contributed by atoms with van der Waals surface area (Å²) in [5.41, 5.74) is -0.285. The molecule has 0 aliphatic carbocycles. The molecular weight excluding hydrogens is 342 g/mol. The van der Waals surface area contributed by atoms with E-state index in [4.69, 9.17) is 0 Å². The van der Waals surface area contributed by atoms with Crippen LogP contribution < -0.4 is 0 Å². The Morgan fingerprint density at radius 3 is 2.64 bits per heavy atom. The zero-order valence-corrected chi connectivity index (χ0v) is 16.0. The maximum atomic E-state index is 13.0. The normalized spacial score (nSPS) is 27.0. The number of carbonyl (C=O) groups excluding carboxylic acids is 1. The second-order valence-electron chi connectivity index (χ2n) is 7.08. The number of amides is 1. The Morgan fingerprint density at radius 1 is 1.20 bits per heavy atom. The van der Waals surface area contributed by atoms with Crippen LogP contribution in [0.5, 0.6) is 0 Å². The Bertz CT molecular complexity index is 747. The van der Waals surface area contributed by atoms with Crippen molar-refractivity contribution in [2.24, 2.45) is 0 Å². The molecular formula is C16H27N5O3S. The van der Waals surface area contributed by atoms with Gasteiger partial charge in [-0.3, -0.25) is 14.4 Å². The van der Waals surface area contributed by atoms with Crippen LogP contribution in [0, 0.1) is 0 Å². The molecule has 0 aromatic carbocycles. The van der Waals surface area contributed by atoms with E-state index in [-0.39, 0.29) is 16.3 Å². The lowest BCUT2D eigenvalue weighted by atomic mass is 9.87. The first-order valence-electron chi connectivity index (χ1n) is 8.76. The van der Waals surface area contributed by atoms with Gasteiger partial charge in [0.1, 0.15) is 4.90 Å². The lowest BCUT2D eigenvalue weighted by molar-refractivity contribution is -0.129. The molecule has 0 saturated carbocycles. The summed E-state index contributed by atoms with van der Waals surface area (Å²) < 4.78 is 29.3. The Balaban J connectivity index is 1.85. The second-order valence-corrected chi connectivity index (χ2v) is 9.02. The molecule has 0 bridgehead atoms. The number of carbonyl (C=O) groups is 1.